The molecule has 0 atom stereocenters. The fourth-order valence-corrected chi connectivity index (χ4v) is 1.86. The second-order valence-corrected chi connectivity index (χ2v) is 4.39. The Bertz CT molecular complexity index is 636. The topological polar surface area (TPSA) is 72.2 Å². The first-order valence-electron chi connectivity index (χ1n) is 5.15. The van der Waals surface area contributed by atoms with E-state index in [1.807, 2.05) is 0 Å². The highest BCUT2D eigenvalue weighted by Crippen LogP contribution is 2.30. The maximum Gasteiger partial charge on any atom is 0.271 e. The number of anilines is 2. The Morgan fingerprint density at radius 1 is 1.37 bits per heavy atom. The van der Waals surface area contributed by atoms with E-state index in [4.69, 9.17) is 23.2 Å². The number of nitrogens with zero attached hydrogens (tertiary/aromatic N) is 4. The number of rotatable bonds is 3. The number of hydrogen-bond acceptors (Lipinski definition) is 5. The van der Waals surface area contributed by atoms with Crippen LogP contribution in [0.2, 0.25) is 10.3 Å². The molecule has 2 aromatic rings. The van der Waals surface area contributed by atoms with Crippen molar-refractivity contribution < 1.29 is 4.92 Å². The van der Waals surface area contributed by atoms with Crippen molar-refractivity contribution >= 4 is 40.4 Å². The molecule has 8 heteroatoms. The lowest BCUT2D eigenvalue weighted by atomic mass is 10.2. The van der Waals surface area contributed by atoms with Crippen molar-refractivity contribution in [2.75, 3.05) is 11.9 Å². The standard InChI is InChI=1S/C11H8Cl2N4O2/c1-16(10-9(12)6-14-11(13)15-10)7-3-2-4-8(5-7)17(18)19/h2-6H,1H3. The van der Waals surface area contributed by atoms with E-state index in [2.05, 4.69) is 9.97 Å². The van der Waals surface area contributed by atoms with Gasteiger partial charge in [-0.15, -0.1) is 0 Å². The van der Waals surface area contributed by atoms with Crippen molar-refractivity contribution in [3.8, 4) is 0 Å². The molecule has 0 spiro atoms. The van der Waals surface area contributed by atoms with Crippen molar-refractivity contribution in [1.82, 2.24) is 9.97 Å². The molecule has 0 N–H and O–H groups in total. The summed E-state index contributed by atoms with van der Waals surface area (Å²) in [5.41, 5.74) is 0.562. The Hall–Kier alpha value is -1.92. The van der Waals surface area contributed by atoms with E-state index in [0.717, 1.165) is 0 Å². The second-order valence-electron chi connectivity index (χ2n) is 3.65. The van der Waals surface area contributed by atoms with Crippen LogP contribution >= 0.6 is 23.2 Å². The molecule has 0 amide bonds. The zero-order valence-corrected chi connectivity index (χ0v) is 11.3. The predicted molar refractivity (Wildman–Crippen MR) is 73.2 cm³/mol. The highest BCUT2D eigenvalue weighted by atomic mass is 35.5. The van der Waals surface area contributed by atoms with Gasteiger partial charge in [0.25, 0.3) is 5.69 Å². The van der Waals surface area contributed by atoms with Crippen LogP contribution in [0.5, 0.6) is 0 Å². The minimum atomic E-state index is -0.466. The quantitative estimate of drug-likeness (QED) is 0.493. The SMILES string of the molecule is CN(c1cccc([N+](=O)[O-])c1)c1nc(Cl)ncc1Cl. The highest BCUT2D eigenvalue weighted by Gasteiger charge is 2.14. The van der Waals surface area contributed by atoms with Crippen molar-refractivity contribution in [1.29, 1.82) is 0 Å². The van der Waals surface area contributed by atoms with Crippen LogP contribution in [0, 0.1) is 10.1 Å². The molecule has 1 aromatic carbocycles. The molecule has 0 aliphatic carbocycles. The lowest BCUT2D eigenvalue weighted by molar-refractivity contribution is -0.384. The monoisotopic (exact) mass is 298 g/mol. The molecule has 0 radical (unpaired) electrons. The van der Waals surface area contributed by atoms with Crippen LogP contribution in [0.15, 0.2) is 30.5 Å². The van der Waals surface area contributed by atoms with Gasteiger partial charge in [-0.3, -0.25) is 10.1 Å². The van der Waals surface area contributed by atoms with Gasteiger partial charge in [0.1, 0.15) is 5.02 Å². The first-order chi connectivity index (χ1) is 8.99. The third kappa shape index (κ3) is 2.91. The largest absolute Gasteiger partial charge is 0.328 e. The molecule has 98 valence electrons. The Labute approximate surface area is 118 Å². The van der Waals surface area contributed by atoms with E-state index in [1.54, 1.807) is 24.1 Å². The summed E-state index contributed by atoms with van der Waals surface area (Å²) in [5, 5.41) is 11.1. The molecule has 0 bridgehead atoms. The van der Waals surface area contributed by atoms with Gasteiger partial charge in [0.05, 0.1) is 11.1 Å². The summed E-state index contributed by atoms with van der Waals surface area (Å²) in [5.74, 6) is 0.377. The number of hydrogen-bond donors (Lipinski definition) is 0. The lowest BCUT2D eigenvalue weighted by Gasteiger charge is -2.18. The van der Waals surface area contributed by atoms with Crippen LogP contribution in [-0.4, -0.2) is 21.9 Å². The average Bonchev–Trinajstić information content (AvgIpc) is 2.41. The van der Waals surface area contributed by atoms with Crippen molar-refractivity contribution in [3.63, 3.8) is 0 Å². The number of halogens is 2. The molecule has 2 rings (SSSR count). The number of nitro groups is 1. The van der Waals surface area contributed by atoms with Gasteiger partial charge in [0, 0.05) is 24.9 Å². The fraction of sp³-hybridized carbons (Fsp3) is 0.0909. The molecular formula is C11H8Cl2N4O2. The molecular weight excluding hydrogens is 291 g/mol. The zero-order chi connectivity index (χ0) is 14.0. The Balaban J connectivity index is 2.43. The van der Waals surface area contributed by atoms with Crippen molar-refractivity contribution in [3.05, 3.63) is 50.9 Å². The van der Waals surface area contributed by atoms with E-state index >= 15 is 0 Å². The summed E-state index contributed by atoms with van der Waals surface area (Å²) in [4.78, 5) is 19.6. The van der Waals surface area contributed by atoms with Crippen LogP contribution in [0.25, 0.3) is 0 Å². The first-order valence-corrected chi connectivity index (χ1v) is 5.91. The molecule has 0 aliphatic heterocycles. The summed E-state index contributed by atoms with van der Waals surface area (Å²) >= 11 is 11.7. The molecule has 0 saturated carbocycles. The van der Waals surface area contributed by atoms with E-state index in [0.29, 0.717) is 16.5 Å². The molecule has 0 aliphatic rings. The van der Waals surface area contributed by atoms with E-state index in [-0.39, 0.29) is 11.0 Å². The average molecular weight is 299 g/mol. The molecule has 0 unspecified atom stereocenters. The van der Waals surface area contributed by atoms with E-state index < -0.39 is 4.92 Å². The van der Waals surface area contributed by atoms with Gasteiger partial charge in [-0.25, -0.2) is 4.98 Å². The van der Waals surface area contributed by atoms with Crippen molar-refractivity contribution in [2.24, 2.45) is 0 Å². The summed E-state index contributed by atoms with van der Waals surface area (Å²) in [6, 6.07) is 6.12. The minimum Gasteiger partial charge on any atom is -0.328 e. The van der Waals surface area contributed by atoms with E-state index in [9.17, 15) is 10.1 Å². The fourth-order valence-electron chi connectivity index (χ4n) is 1.51. The van der Waals surface area contributed by atoms with Gasteiger partial charge in [-0.05, 0) is 17.7 Å². The van der Waals surface area contributed by atoms with Gasteiger partial charge in [0.2, 0.25) is 5.28 Å². The Morgan fingerprint density at radius 2 is 2.11 bits per heavy atom. The molecule has 6 nitrogen and oxygen atoms in total. The normalized spacial score (nSPS) is 10.3. The molecule has 1 aromatic heterocycles. The third-order valence-corrected chi connectivity index (χ3v) is 2.89. The molecule has 19 heavy (non-hydrogen) atoms. The van der Waals surface area contributed by atoms with Crippen LogP contribution < -0.4 is 4.90 Å². The Morgan fingerprint density at radius 3 is 2.79 bits per heavy atom. The first kappa shape index (κ1) is 13.5. The van der Waals surface area contributed by atoms with Gasteiger partial charge in [-0.1, -0.05) is 17.7 Å². The summed E-state index contributed by atoms with van der Waals surface area (Å²) in [6.45, 7) is 0. The van der Waals surface area contributed by atoms with Gasteiger partial charge in [0.15, 0.2) is 5.82 Å². The van der Waals surface area contributed by atoms with Crippen LogP contribution in [0.4, 0.5) is 17.2 Å². The van der Waals surface area contributed by atoms with Gasteiger partial charge < -0.3 is 4.90 Å². The summed E-state index contributed by atoms with van der Waals surface area (Å²) < 4.78 is 0. The van der Waals surface area contributed by atoms with Crippen LogP contribution in [0.3, 0.4) is 0 Å². The smallest absolute Gasteiger partial charge is 0.271 e. The van der Waals surface area contributed by atoms with Gasteiger partial charge >= 0.3 is 0 Å². The highest BCUT2D eigenvalue weighted by molar-refractivity contribution is 6.33. The third-order valence-electron chi connectivity index (χ3n) is 2.44. The predicted octanol–water partition coefficient (Wildman–Crippen LogP) is 3.46. The Kier molecular flexibility index (Phi) is 3.82. The van der Waals surface area contributed by atoms with Crippen LogP contribution in [-0.2, 0) is 0 Å². The lowest BCUT2D eigenvalue weighted by Crippen LogP contribution is -2.12. The van der Waals surface area contributed by atoms with Crippen LogP contribution in [0.1, 0.15) is 0 Å². The number of benzene rings is 1. The zero-order valence-electron chi connectivity index (χ0n) is 9.75. The number of non-ortho nitro benzene ring substituents is 1. The van der Waals surface area contributed by atoms with E-state index in [1.165, 1.54) is 18.3 Å². The van der Waals surface area contributed by atoms with Crippen molar-refractivity contribution in [2.45, 2.75) is 0 Å². The van der Waals surface area contributed by atoms with Gasteiger partial charge in [-0.2, -0.15) is 4.98 Å². The molecule has 0 saturated heterocycles. The number of aromatic nitrogens is 2. The summed E-state index contributed by atoms with van der Waals surface area (Å²) in [7, 11) is 1.68. The maximum atomic E-state index is 10.7. The second kappa shape index (κ2) is 5.38. The maximum absolute atomic E-state index is 10.7. The summed E-state index contributed by atoms with van der Waals surface area (Å²) in [6.07, 6.45) is 1.38. The minimum absolute atomic E-state index is 0.0133. The molecule has 1 heterocycles. The number of nitro benzene ring substituents is 1. The molecule has 0 fully saturated rings.